The zero-order chi connectivity index (χ0) is 14.1. The minimum absolute atomic E-state index is 0.180. The van der Waals surface area contributed by atoms with E-state index in [-0.39, 0.29) is 18.0 Å². The molecule has 1 heterocycles. The van der Waals surface area contributed by atoms with E-state index in [2.05, 4.69) is 15.5 Å². The number of rotatable bonds is 4. The highest BCUT2D eigenvalue weighted by Gasteiger charge is 2.34. The Balaban J connectivity index is 1.86. The summed E-state index contributed by atoms with van der Waals surface area (Å²) in [4.78, 5) is 0. The van der Waals surface area contributed by atoms with Gasteiger partial charge in [-0.25, -0.2) is 9.07 Å². The second kappa shape index (κ2) is 5.16. The van der Waals surface area contributed by atoms with E-state index in [0.717, 1.165) is 12.8 Å². The number of hydrogen-bond donors (Lipinski definition) is 1. The van der Waals surface area contributed by atoms with Crippen LogP contribution < -0.4 is 5.73 Å². The molecule has 1 saturated carbocycles. The van der Waals surface area contributed by atoms with E-state index in [9.17, 15) is 4.39 Å². The fourth-order valence-corrected chi connectivity index (χ4v) is 2.45. The van der Waals surface area contributed by atoms with Gasteiger partial charge in [-0.05, 0) is 48.4 Å². The number of halogens is 1. The summed E-state index contributed by atoms with van der Waals surface area (Å²) in [6.45, 7) is 2.68. The standard InChI is InChI=1S/C13H16FN5O/c1-2-20-10-6-9(7-10)19-13(16-17-18-19)11-5-8(14)3-4-12(11)15/h3-5,9-10H,2,6-7,15H2,1H3. The molecule has 1 aliphatic carbocycles. The van der Waals surface area contributed by atoms with Crippen molar-refractivity contribution in [3.05, 3.63) is 24.0 Å². The summed E-state index contributed by atoms with van der Waals surface area (Å²) in [5, 5.41) is 11.7. The van der Waals surface area contributed by atoms with Crippen LogP contribution in [0.25, 0.3) is 11.4 Å². The molecule has 106 valence electrons. The monoisotopic (exact) mass is 277 g/mol. The minimum Gasteiger partial charge on any atom is -0.398 e. The molecule has 0 amide bonds. The molecule has 2 aromatic rings. The van der Waals surface area contributed by atoms with E-state index in [1.54, 1.807) is 4.68 Å². The summed E-state index contributed by atoms with van der Waals surface area (Å²) in [5.41, 5.74) is 6.87. The van der Waals surface area contributed by atoms with Gasteiger partial charge in [-0.2, -0.15) is 0 Å². The fourth-order valence-electron chi connectivity index (χ4n) is 2.45. The van der Waals surface area contributed by atoms with Crippen LogP contribution in [0.4, 0.5) is 10.1 Å². The Kier molecular flexibility index (Phi) is 3.35. The van der Waals surface area contributed by atoms with Gasteiger partial charge in [0.25, 0.3) is 0 Å². The molecule has 1 aliphatic rings. The summed E-state index contributed by atoms with van der Waals surface area (Å²) >= 11 is 0. The van der Waals surface area contributed by atoms with Crippen LogP contribution in [0, 0.1) is 5.82 Å². The van der Waals surface area contributed by atoms with Crippen LogP contribution in [0.5, 0.6) is 0 Å². The average molecular weight is 277 g/mol. The topological polar surface area (TPSA) is 78.8 Å². The minimum atomic E-state index is -0.357. The maximum Gasteiger partial charge on any atom is 0.184 e. The molecule has 0 spiro atoms. The van der Waals surface area contributed by atoms with Gasteiger partial charge in [0.1, 0.15) is 5.82 Å². The first-order valence-corrected chi connectivity index (χ1v) is 6.64. The third-order valence-corrected chi connectivity index (χ3v) is 3.57. The molecule has 0 radical (unpaired) electrons. The van der Waals surface area contributed by atoms with Gasteiger partial charge in [0.2, 0.25) is 0 Å². The van der Waals surface area contributed by atoms with Gasteiger partial charge in [0.15, 0.2) is 5.82 Å². The van der Waals surface area contributed by atoms with Crippen LogP contribution in [-0.2, 0) is 4.74 Å². The second-order valence-electron chi connectivity index (χ2n) is 4.88. The molecule has 6 nitrogen and oxygen atoms in total. The highest BCUT2D eigenvalue weighted by molar-refractivity contribution is 5.71. The maximum atomic E-state index is 13.4. The Morgan fingerprint density at radius 2 is 2.25 bits per heavy atom. The van der Waals surface area contributed by atoms with E-state index in [4.69, 9.17) is 10.5 Å². The Morgan fingerprint density at radius 3 is 3.00 bits per heavy atom. The Labute approximate surface area is 115 Å². The molecule has 7 heteroatoms. The third-order valence-electron chi connectivity index (χ3n) is 3.57. The number of aromatic nitrogens is 4. The molecule has 0 saturated heterocycles. The van der Waals surface area contributed by atoms with Gasteiger partial charge < -0.3 is 10.5 Å². The smallest absolute Gasteiger partial charge is 0.184 e. The van der Waals surface area contributed by atoms with Gasteiger partial charge >= 0.3 is 0 Å². The molecular weight excluding hydrogens is 261 g/mol. The number of tetrazole rings is 1. The lowest BCUT2D eigenvalue weighted by Crippen LogP contribution is -2.34. The number of nitrogens with zero attached hydrogens (tertiary/aromatic N) is 4. The molecule has 0 unspecified atom stereocenters. The molecule has 0 bridgehead atoms. The molecule has 0 atom stereocenters. The molecule has 20 heavy (non-hydrogen) atoms. The normalized spacial score (nSPS) is 21.7. The maximum absolute atomic E-state index is 13.4. The van der Waals surface area contributed by atoms with Crippen molar-refractivity contribution in [3.8, 4) is 11.4 Å². The van der Waals surface area contributed by atoms with Crippen LogP contribution in [0.3, 0.4) is 0 Å². The van der Waals surface area contributed by atoms with Gasteiger partial charge in [-0.3, -0.25) is 0 Å². The number of benzene rings is 1. The van der Waals surface area contributed by atoms with Crippen LogP contribution in [-0.4, -0.2) is 32.9 Å². The number of anilines is 1. The molecular formula is C13H16FN5O. The average Bonchev–Trinajstić information content (AvgIpc) is 2.85. The molecule has 2 N–H and O–H groups in total. The number of ether oxygens (including phenoxy) is 1. The SMILES string of the molecule is CCOC1CC(n2nnnc2-c2cc(F)ccc2N)C1. The molecule has 0 aliphatic heterocycles. The molecule has 1 fully saturated rings. The number of nitrogen functional groups attached to an aromatic ring is 1. The van der Waals surface area contributed by atoms with Gasteiger partial charge in [0, 0.05) is 17.9 Å². The predicted octanol–water partition coefficient (Wildman–Crippen LogP) is 1.80. The summed E-state index contributed by atoms with van der Waals surface area (Å²) < 4.78 is 20.6. The highest BCUT2D eigenvalue weighted by Crippen LogP contribution is 2.37. The predicted molar refractivity (Wildman–Crippen MR) is 71.3 cm³/mol. The Hall–Kier alpha value is -2.02. The summed E-state index contributed by atoms with van der Waals surface area (Å²) in [5.74, 6) is 0.145. The van der Waals surface area contributed by atoms with Crippen molar-refractivity contribution in [1.29, 1.82) is 0 Å². The van der Waals surface area contributed by atoms with Crippen molar-refractivity contribution in [1.82, 2.24) is 20.2 Å². The van der Waals surface area contributed by atoms with E-state index >= 15 is 0 Å². The van der Waals surface area contributed by atoms with Crippen LogP contribution in [0.1, 0.15) is 25.8 Å². The van der Waals surface area contributed by atoms with E-state index in [1.807, 2.05) is 6.92 Å². The van der Waals surface area contributed by atoms with E-state index in [1.165, 1.54) is 18.2 Å². The molecule has 3 rings (SSSR count). The molecule has 1 aromatic carbocycles. The van der Waals surface area contributed by atoms with Crippen molar-refractivity contribution in [3.63, 3.8) is 0 Å². The van der Waals surface area contributed by atoms with Crippen molar-refractivity contribution in [2.45, 2.75) is 31.9 Å². The van der Waals surface area contributed by atoms with Crippen LogP contribution in [0.2, 0.25) is 0 Å². The fraction of sp³-hybridized carbons (Fsp3) is 0.462. The van der Waals surface area contributed by atoms with E-state index in [0.29, 0.717) is 23.7 Å². The highest BCUT2D eigenvalue weighted by atomic mass is 19.1. The first-order valence-electron chi connectivity index (χ1n) is 6.64. The quantitative estimate of drug-likeness (QED) is 0.862. The van der Waals surface area contributed by atoms with Gasteiger partial charge in [-0.1, -0.05) is 0 Å². The number of nitrogens with two attached hydrogens (primary N) is 1. The Bertz CT molecular complexity index is 609. The number of hydrogen-bond acceptors (Lipinski definition) is 5. The largest absolute Gasteiger partial charge is 0.398 e. The summed E-state index contributed by atoms with van der Waals surface area (Å²) in [7, 11) is 0. The zero-order valence-corrected chi connectivity index (χ0v) is 11.2. The van der Waals surface area contributed by atoms with Crippen molar-refractivity contribution in [2.24, 2.45) is 0 Å². The second-order valence-corrected chi connectivity index (χ2v) is 4.88. The van der Waals surface area contributed by atoms with Crippen LogP contribution in [0.15, 0.2) is 18.2 Å². The first kappa shape index (κ1) is 13.0. The molecule has 1 aromatic heterocycles. The van der Waals surface area contributed by atoms with Crippen molar-refractivity contribution >= 4 is 5.69 Å². The first-order chi connectivity index (χ1) is 9.69. The van der Waals surface area contributed by atoms with Crippen LogP contribution >= 0.6 is 0 Å². The van der Waals surface area contributed by atoms with Gasteiger partial charge in [-0.15, -0.1) is 5.10 Å². The van der Waals surface area contributed by atoms with Crippen molar-refractivity contribution < 1.29 is 9.13 Å². The van der Waals surface area contributed by atoms with E-state index < -0.39 is 0 Å². The van der Waals surface area contributed by atoms with Gasteiger partial charge in [0.05, 0.1) is 12.1 Å². The third kappa shape index (κ3) is 2.24. The zero-order valence-electron chi connectivity index (χ0n) is 11.2. The lowest BCUT2D eigenvalue weighted by Gasteiger charge is -2.34. The van der Waals surface area contributed by atoms with Crippen molar-refractivity contribution in [2.75, 3.05) is 12.3 Å². The Morgan fingerprint density at radius 1 is 1.45 bits per heavy atom. The lowest BCUT2D eigenvalue weighted by molar-refractivity contribution is -0.0227. The summed E-state index contributed by atoms with van der Waals surface area (Å²) in [6, 6.07) is 4.38. The summed E-state index contributed by atoms with van der Waals surface area (Å²) in [6.07, 6.45) is 1.98. The lowest BCUT2D eigenvalue weighted by atomic mass is 9.89.